The van der Waals surface area contributed by atoms with E-state index in [4.69, 9.17) is 0 Å². The van der Waals surface area contributed by atoms with Crippen molar-refractivity contribution in [1.82, 2.24) is 0 Å². The molecular weight excluding hydrogens is 392 g/mol. The molecule has 0 atom stereocenters. The van der Waals surface area contributed by atoms with Crippen molar-refractivity contribution in [2.24, 2.45) is 11.8 Å². The van der Waals surface area contributed by atoms with Crippen molar-refractivity contribution >= 4 is 30.1 Å². The molecule has 0 radical (unpaired) electrons. The summed E-state index contributed by atoms with van der Waals surface area (Å²) >= 11 is 0. The van der Waals surface area contributed by atoms with Crippen molar-refractivity contribution in [2.45, 2.75) is 76.7 Å². The van der Waals surface area contributed by atoms with E-state index in [0.717, 1.165) is 11.8 Å². The van der Waals surface area contributed by atoms with Gasteiger partial charge in [0.05, 0.1) is 9.52 Å². The minimum absolute atomic E-state index is 0.0436. The van der Waals surface area contributed by atoms with Crippen LogP contribution in [0.5, 0.6) is 0 Å². The minimum Gasteiger partial charge on any atom is -0.103 e. The zero-order chi connectivity index (χ0) is 21.3. The van der Waals surface area contributed by atoms with Gasteiger partial charge in [0.2, 0.25) is 0 Å². The molecule has 0 aromatic heterocycles. The van der Waals surface area contributed by atoms with Crippen LogP contribution >= 0.6 is 0 Å². The quantitative estimate of drug-likeness (QED) is 0.441. The van der Waals surface area contributed by atoms with Crippen molar-refractivity contribution in [3.8, 4) is 0 Å². The van der Waals surface area contributed by atoms with Crippen LogP contribution in [0.3, 0.4) is 0 Å². The molecule has 0 spiro atoms. The Bertz CT molecular complexity index is 641. The highest BCUT2D eigenvalue weighted by molar-refractivity contribution is 6.53. The summed E-state index contributed by atoms with van der Waals surface area (Å²) in [7, 11) is 1.22. The summed E-state index contributed by atoms with van der Waals surface area (Å²) < 4.78 is 0. The Balaban J connectivity index is 0.000000179. The van der Waals surface area contributed by atoms with Gasteiger partial charge >= 0.3 is 0 Å². The van der Waals surface area contributed by atoms with Crippen LogP contribution in [0.1, 0.15) is 70.6 Å². The maximum atomic E-state index is 3.78. The van der Waals surface area contributed by atoms with Gasteiger partial charge in [0, 0.05) is 10.2 Å². The molecule has 2 aliphatic rings. The van der Waals surface area contributed by atoms with Crippen LogP contribution in [0.15, 0.2) is 73.3 Å². The Labute approximate surface area is 191 Å². The second-order valence-corrected chi connectivity index (χ2v) is 12.3. The zero-order valence-corrected chi connectivity index (χ0v) is 22.8. The van der Waals surface area contributed by atoms with E-state index >= 15 is 0 Å². The van der Waals surface area contributed by atoms with Gasteiger partial charge in [0.25, 0.3) is 0 Å². The fraction of sp³-hybridized carbons (Fsp3) is 0.500. The maximum absolute atomic E-state index is 3.78. The minimum atomic E-state index is 0.0436. The smallest absolute Gasteiger partial charge is 0.0547 e. The molecule has 0 unspecified atom stereocenters. The summed E-state index contributed by atoms with van der Waals surface area (Å²) in [5, 5.41) is 3.11. The third-order valence-corrected chi connectivity index (χ3v) is 9.05. The van der Waals surface area contributed by atoms with Crippen molar-refractivity contribution in [1.29, 1.82) is 0 Å². The SMILES string of the molecule is C=CC1CCCCC1.[SiH3]c1ccccc1.c1ccc([SiH2]CCC2CCCCC2)cc1. The van der Waals surface area contributed by atoms with Crippen molar-refractivity contribution < 1.29 is 0 Å². The van der Waals surface area contributed by atoms with E-state index in [1.807, 2.05) is 6.07 Å². The lowest BCUT2D eigenvalue weighted by molar-refractivity contribution is 0.349. The number of hydrogen-bond acceptors (Lipinski definition) is 0. The second kappa shape index (κ2) is 16.3. The fourth-order valence-electron chi connectivity index (χ4n) is 4.62. The number of hydrogen-bond donors (Lipinski definition) is 0. The van der Waals surface area contributed by atoms with Crippen molar-refractivity contribution in [3.05, 3.63) is 73.3 Å². The predicted octanol–water partition coefficient (Wildman–Crippen LogP) is 5.30. The average molecular weight is 437 g/mol. The van der Waals surface area contributed by atoms with Gasteiger partial charge in [-0.1, -0.05) is 141 Å². The molecule has 164 valence electrons. The van der Waals surface area contributed by atoms with Gasteiger partial charge in [-0.15, -0.1) is 6.58 Å². The third-order valence-electron chi connectivity index (χ3n) is 6.57. The molecule has 30 heavy (non-hydrogen) atoms. The molecule has 0 bridgehead atoms. The Morgan fingerprint density at radius 3 is 1.77 bits per heavy atom. The molecule has 0 heterocycles. The summed E-state index contributed by atoms with van der Waals surface area (Å²) in [6.45, 7) is 3.78. The highest BCUT2D eigenvalue weighted by Gasteiger charge is 2.12. The average Bonchev–Trinajstić information content (AvgIpc) is 2.82. The highest BCUT2D eigenvalue weighted by Crippen LogP contribution is 2.27. The lowest BCUT2D eigenvalue weighted by Crippen LogP contribution is -2.15. The molecule has 0 nitrogen and oxygen atoms in total. The van der Waals surface area contributed by atoms with Crippen LogP contribution in [0.25, 0.3) is 0 Å². The van der Waals surface area contributed by atoms with Gasteiger partial charge in [-0.2, -0.15) is 0 Å². The Hall–Kier alpha value is -1.39. The first-order chi connectivity index (χ1) is 14.8. The van der Waals surface area contributed by atoms with Crippen LogP contribution in [-0.4, -0.2) is 19.8 Å². The molecule has 2 saturated carbocycles. The maximum Gasteiger partial charge on any atom is 0.0547 e. The van der Waals surface area contributed by atoms with Crippen LogP contribution < -0.4 is 10.4 Å². The second-order valence-electron chi connectivity index (χ2n) is 9.17. The van der Waals surface area contributed by atoms with Gasteiger partial charge in [0.1, 0.15) is 0 Å². The van der Waals surface area contributed by atoms with E-state index < -0.39 is 0 Å². The lowest BCUT2D eigenvalue weighted by Gasteiger charge is -2.21. The molecule has 2 heteroatoms. The normalized spacial score (nSPS) is 17.6. The highest BCUT2D eigenvalue weighted by atomic mass is 28.2. The van der Waals surface area contributed by atoms with Crippen LogP contribution in [0, 0.1) is 11.8 Å². The topological polar surface area (TPSA) is 0 Å². The predicted molar refractivity (Wildman–Crippen MR) is 143 cm³/mol. The van der Waals surface area contributed by atoms with Crippen LogP contribution in [-0.2, 0) is 0 Å². The number of benzene rings is 2. The first-order valence-electron chi connectivity index (χ1n) is 12.5. The standard InChI is InChI=1S/C14H22Si.C8H14.C6H8Si/c1-3-7-13(8-4-1)11-12-15-14-9-5-2-6-10-14;1-2-8-6-4-3-5-7-8;7-6-4-2-1-3-5-6/h2,5-6,9-10,13H,1,3-4,7-8,11-12,15H2;2,8H,1,3-7H2;1-5H,7H3. The first-order valence-corrected chi connectivity index (χ1v) is 15.2. The first kappa shape index (κ1) is 24.9. The Kier molecular flexibility index (Phi) is 13.5. The summed E-state index contributed by atoms with van der Waals surface area (Å²) in [6, 6.07) is 23.1. The molecular formula is C28H44Si2. The Morgan fingerprint density at radius 1 is 0.767 bits per heavy atom. The largest absolute Gasteiger partial charge is 0.103 e. The van der Waals surface area contributed by atoms with Crippen molar-refractivity contribution in [2.75, 3.05) is 0 Å². The molecule has 2 fully saturated rings. The summed E-state index contributed by atoms with van der Waals surface area (Å²) in [6.07, 6.45) is 18.2. The van der Waals surface area contributed by atoms with Gasteiger partial charge in [-0.3, -0.25) is 0 Å². The zero-order valence-electron chi connectivity index (χ0n) is 19.4. The van der Waals surface area contributed by atoms with Gasteiger partial charge in [-0.25, -0.2) is 0 Å². The van der Waals surface area contributed by atoms with E-state index in [1.54, 1.807) is 5.19 Å². The van der Waals surface area contributed by atoms with Crippen LogP contribution in [0.4, 0.5) is 0 Å². The Morgan fingerprint density at radius 2 is 1.30 bits per heavy atom. The molecule has 2 aliphatic carbocycles. The van der Waals surface area contributed by atoms with Crippen LogP contribution in [0.2, 0.25) is 6.04 Å². The monoisotopic (exact) mass is 436 g/mol. The number of rotatable bonds is 5. The molecule has 4 rings (SSSR count). The fourth-order valence-corrected chi connectivity index (χ4v) is 6.80. The number of allylic oxidation sites excluding steroid dienone is 1. The molecule has 0 N–H and O–H groups in total. The van der Waals surface area contributed by atoms with E-state index in [-0.39, 0.29) is 9.52 Å². The molecule has 0 amide bonds. The summed E-state index contributed by atoms with van der Waals surface area (Å²) in [4.78, 5) is 0. The van der Waals surface area contributed by atoms with E-state index in [2.05, 4.69) is 67.3 Å². The third kappa shape index (κ3) is 11.7. The van der Waals surface area contributed by atoms with Gasteiger partial charge in [0.15, 0.2) is 0 Å². The van der Waals surface area contributed by atoms with Crippen molar-refractivity contribution in [3.63, 3.8) is 0 Å². The van der Waals surface area contributed by atoms with E-state index in [0.29, 0.717) is 0 Å². The summed E-state index contributed by atoms with van der Waals surface area (Å²) in [5.74, 6) is 1.93. The van der Waals surface area contributed by atoms with E-state index in [1.165, 1.54) is 92.1 Å². The molecule has 2 aromatic carbocycles. The molecule has 0 saturated heterocycles. The van der Waals surface area contributed by atoms with E-state index in [9.17, 15) is 0 Å². The van der Waals surface area contributed by atoms with Gasteiger partial charge < -0.3 is 0 Å². The molecule has 2 aromatic rings. The van der Waals surface area contributed by atoms with Gasteiger partial charge in [-0.05, 0) is 24.7 Å². The molecule has 0 aliphatic heterocycles. The lowest BCUT2D eigenvalue weighted by atomic mass is 9.88. The summed E-state index contributed by atoms with van der Waals surface area (Å²) in [5.41, 5.74) is 0.